The average molecular weight is 456 g/mol. The third-order valence-electron chi connectivity index (χ3n) is 6.08. The van der Waals surface area contributed by atoms with Crippen LogP contribution >= 0.6 is 0 Å². The first-order chi connectivity index (χ1) is 16.6. The number of rotatable bonds is 12. The molecule has 34 heavy (non-hydrogen) atoms. The van der Waals surface area contributed by atoms with E-state index in [4.69, 9.17) is 4.74 Å². The van der Waals surface area contributed by atoms with Gasteiger partial charge in [0.25, 0.3) is 11.8 Å². The summed E-state index contributed by atoms with van der Waals surface area (Å²) in [7, 11) is 0. The van der Waals surface area contributed by atoms with E-state index in [2.05, 4.69) is 0 Å². The molecule has 0 radical (unpaired) electrons. The summed E-state index contributed by atoms with van der Waals surface area (Å²) in [4.78, 5) is 38.5. The van der Waals surface area contributed by atoms with E-state index in [0.29, 0.717) is 35.4 Å². The Labute approximate surface area is 200 Å². The van der Waals surface area contributed by atoms with Crippen LogP contribution in [-0.4, -0.2) is 35.6 Å². The summed E-state index contributed by atoms with van der Waals surface area (Å²) in [5.41, 5.74) is 2.37. The summed E-state index contributed by atoms with van der Waals surface area (Å²) in [6, 6.07) is 23.6. The number of nitrogens with zero attached hydrogens (tertiary/aromatic N) is 1. The van der Waals surface area contributed by atoms with Gasteiger partial charge in [-0.1, -0.05) is 68.1 Å². The van der Waals surface area contributed by atoms with Gasteiger partial charge in [0.2, 0.25) is 0 Å². The molecule has 0 N–H and O–H groups in total. The molecule has 5 nitrogen and oxygen atoms in total. The van der Waals surface area contributed by atoms with Gasteiger partial charge in [-0.05, 0) is 49.2 Å². The third kappa shape index (κ3) is 5.60. The molecule has 1 aliphatic rings. The van der Waals surface area contributed by atoms with Crippen LogP contribution in [0, 0.1) is 0 Å². The van der Waals surface area contributed by atoms with Crippen molar-refractivity contribution < 1.29 is 19.1 Å². The molecule has 0 saturated heterocycles. The molecule has 0 atom stereocenters. The lowest BCUT2D eigenvalue weighted by molar-refractivity contribution is 0.0651. The number of carbonyl (C=O) groups excluding carboxylic acids is 3. The van der Waals surface area contributed by atoms with E-state index in [1.807, 2.05) is 42.5 Å². The Morgan fingerprint density at radius 1 is 0.618 bits per heavy atom. The number of benzene rings is 3. The Bertz CT molecular complexity index is 1100. The molecule has 2 amide bonds. The van der Waals surface area contributed by atoms with Gasteiger partial charge >= 0.3 is 0 Å². The van der Waals surface area contributed by atoms with E-state index >= 15 is 0 Å². The standard InChI is InChI=1S/C29H29NO4/c31-27(22-12-6-5-7-13-22)23-16-18-24(19-17-23)34-21-11-4-2-1-3-10-20-30-28(32)25-14-8-9-15-26(25)29(30)33/h5-9,12-19H,1-4,10-11,20-21H2. The Morgan fingerprint density at radius 3 is 1.79 bits per heavy atom. The quantitative estimate of drug-likeness (QED) is 0.193. The molecule has 0 aliphatic carbocycles. The Morgan fingerprint density at radius 2 is 1.15 bits per heavy atom. The lowest BCUT2D eigenvalue weighted by Crippen LogP contribution is -2.30. The molecule has 0 fully saturated rings. The van der Waals surface area contributed by atoms with E-state index in [1.165, 1.54) is 4.90 Å². The van der Waals surface area contributed by atoms with Gasteiger partial charge in [0.1, 0.15) is 5.75 Å². The number of fused-ring (bicyclic) bond motifs is 1. The van der Waals surface area contributed by atoms with Gasteiger partial charge in [0.05, 0.1) is 17.7 Å². The molecule has 1 aliphatic heterocycles. The first kappa shape index (κ1) is 23.4. The van der Waals surface area contributed by atoms with Gasteiger partial charge in [0, 0.05) is 17.7 Å². The molecule has 3 aromatic rings. The number of carbonyl (C=O) groups is 3. The third-order valence-corrected chi connectivity index (χ3v) is 6.08. The van der Waals surface area contributed by atoms with E-state index < -0.39 is 0 Å². The molecule has 0 bridgehead atoms. The van der Waals surface area contributed by atoms with Crippen molar-refractivity contribution in [3.63, 3.8) is 0 Å². The lowest BCUT2D eigenvalue weighted by Gasteiger charge is -2.13. The van der Waals surface area contributed by atoms with E-state index in [9.17, 15) is 14.4 Å². The smallest absolute Gasteiger partial charge is 0.261 e. The highest BCUT2D eigenvalue weighted by molar-refractivity contribution is 6.21. The highest BCUT2D eigenvalue weighted by Gasteiger charge is 2.34. The van der Waals surface area contributed by atoms with Crippen molar-refractivity contribution in [1.82, 2.24) is 4.90 Å². The van der Waals surface area contributed by atoms with Gasteiger partial charge < -0.3 is 4.74 Å². The monoisotopic (exact) mass is 455 g/mol. The summed E-state index contributed by atoms with van der Waals surface area (Å²) in [5.74, 6) is 0.436. The first-order valence-electron chi connectivity index (χ1n) is 11.9. The number of imide groups is 1. The highest BCUT2D eigenvalue weighted by Crippen LogP contribution is 2.23. The normalized spacial score (nSPS) is 12.6. The molecular weight excluding hydrogens is 426 g/mol. The zero-order chi connectivity index (χ0) is 23.8. The second kappa shape index (κ2) is 11.4. The fraction of sp³-hybridized carbons (Fsp3) is 0.276. The second-order valence-corrected chi connectivity index (χ2v) is 8.50. The number of amides is 2. The maximum absolute atomic E-state index is 12.4. The van der Waals surface area contributed by atoms with Crippen LogP contribution < -0.4 is 4.74 Å². The van der Waals surface area contributed by atoms with E-state index in [-0.39, 0.29) is 17.6 Å². The Hall–Kier alpha value is -3.73. The van der Waals surface area contributed by atoms with Crippen LogP contribution in [0.2, 0.25) is 0 Å². The van der Waals surface area contributed by atoms with Gasteiger partial charge in [-0.15, -0.1) is 0 Å². The number of ether oxygens (including phenoxy) is 1. The van der Waals surface area contributed by atoms with Crippen LogP contribution in [0.3, 0.4) is 0 Å². The molecule has 0 saturated carbocycles. The van der Waals surface area contributed by atoms with Crippen LogP contribution in [0.15, 0.2) is 78.9 Å². The van der Waals surface area contributed by atoms with Crippen molar-refractivity contribution in [3.8, 4) is 5.75 Å². The number of ketones is 1. The largest absolute Gasteiger partial charge is 0.494 e. The van der Waals surface area contributed by atoms with Crippen LogP contribution in [0.1, 0.15) is 75.2 Å². The zero-order valence-electron chi connectivity index (χ0n) is 19.2. The number of hydrogen-bond acceptors (Lipinski definition) is 4. The summed E-state index contributed by atoms with van der Waals surface area (Å²) >= 11 is 0. The molecule has 174 valence electrons. The van der Waals surface area contributed by atoms with Crippen molar-refractivity contribution in [2.24, 2.45) is 0 Å². The van der Waals surface area contributed by atoms with Crippen molar-refractivity contribution in [3.05, 3.63) is 101 Å². The minimum Gasteiger partial charge on any atom is -0.494 e. The van der Waals surface area contributed by atoms with Gasteiger partial charge in [-0.3, -0.25) is 19.3 Å². The molecule has 4 rings (SSSR count). The van der Waals surface area contributed by atoms with Crippen molar-refractivity contribution >= 4 is 17.6 Å². The molecule has 0 spiro atoms. The molecule has 0 aromatic heterocycles. The van der Waals surface area contributed by atoms with Crippen LogP contribution in [0.5, 0.6) is 5.75 Å². The fourth-order valence-electron chi connectivity index (χ4n) is 4.17. The maximum atomic E-state index is 12.4. The van der Waals surface area contributed by atoms with E-state index in [0.717, 1.165) is 44.3 Å². The second-order valence-electron chi connectivity index (χ2n) is 8.50. The predicted molar refractivity (Wildman–Crippen MR) is 131 cm³/mol. The van der Waals surface area contributed by atoms with Gasteiger partial charge in [0.15, 0.2) is 5.78 Å². The molecule has 5 heteroatoms. The van der Waals surface area contributed by atoms with E-state index in [1.54, 1.807) is 36.4 Å². The summed E-state index contributed by atoms with van der Waals surface area (Å²) in [6.07, 6.45) is 6.01. The maximum Gasteiger partial charge on any atom is 0.261 e. The average Bonchev–Trinajstić information content (AvgIpc) is 3.13. The van der Waals surface area contributed by atoms with Crippen molar-refractivity contribution in [1.29, 1.82) is 0 Å². The number of unbranched alkanes of at least 4 members (excludes halogenated alkanes) is 5. The predicted octanol–water partition coefficient (Wildman–Crippen LogP) is 5.93. The lowest BCUT2D eigenvalue weighted by atomic mass is 10.0. The summed E-state index contributed by atoms with van der Waals surface area (Å²) in [6.45, 7) is 1.12. The van der Waals surface area contributed by atoms with Gasteiger partial charge in [-0.25, -0.2) is 0 Å². The topological polar surface area (TPSA) is 63.7 Å². The Kier molecular flexibility index (Phi) is 7.87. The highest BCUT2D eigenvalue weighted by atomic mass is 16.5. The molecule has 3 aromatic carbocycles. The van der Waals surface area contributed by atoms with Crippen molar-refractivity contribution in [2.75, 3.05) is 13.2 Å². The summed E-state index contributed by atoms with van der Waals surface area (Å²) in [5, 5.41) is 0. The number of hydrogen-bond donors (Lipinski definition) is 0. The van der Waals surface area contributed by atoms with Crippen LogP contribution in [0.4, 0.5) is 0 Å². The SMILES string of the molecule is O=C(c1ccccc1)c1ccc(OCCCCCCCCN2C(=O)c3ccccc3C2=O)cc1. The molecular formula is C29H29NO4. The molecule has 1 heterocycles. The van der Waals surface area contributed by atoms with Gasteiger partial charge in [-0.2, -0.15) is 0 Å². The summed E-state index contributed by atoms with van der Waals surface area (Å²) < 4.78 is 5.80. The minimum atomic E-state index is -0.171. The fourth-order valence-corrected chi connectivity index (χ4v) is 4.17. The Balaban J connectivity index is 1.07. The minimum absolute atomic E-state index is 0.00940. The van der Waals surface area contributed by atoms with Crippen LogP contribution in [0.25, 0.3) is 0 Å². The van der Waals surface area contributed by atoms with Crippen LogP contribution in [-0.2, 0) is 0 Å². The molecule has 0 unspecified atom stereocenters. The zero-order valence-corrected chi connectivity index (χ0v) is 19.2. The first-order valence-corrected chi connectivity index (χ1v) is 11.9. The van der Waals surface area contributed by atoms with Crippen molar-refractivity contribution in [2.45, 2.75) is 38.5 Å².